The quantitative estimate of drug-likeness (QED) is 0.589. The number of pyridine rings is 1. The molecule has 10 nitrogen and oxygen atoms in total. The predicted octanol–water partition coefficient (Wildman–Crippen LogP) is 2.55. The van der Waals surface area contributed by atoms with E-state index in [9.17, 15) is 13.2 Å². The molecule has 37 heavy (non-hydrogen) atoms. The van der Waals surface area contributed by atoms with E-state index in [0.717, 1.165) is 50.1 Å². The van der Waals surface area contributed by atoms with Crippen LogP contribution >= 0.6 is 0 Å². The highest BCUT2D eigenvalue weighted by Crippen LogP contribution is 2.39. The van der Waals surface area contributed by atoms with Crippen molar-refractivity contribution in [3.8, 4) is 0 Å². The third kappa shape index (κ3) is 5.45. The van der Waals surface area contributed by atoms with Crippen LogP contribution in [0.3, 0.4) is 0 Å². The van der Waals surface area contributed by atoms with Gasteiger partial charge < -0.3 is 24.8 Å². The lowest BCUT2D eigenvalue weighted by molar-refractivity contribution is -0.119. The minimum Gasteiger partial charge on any atom is -0.381 e. The minimum absolute atomic E-state index is 0.0384. The molecule has 0 unspecified atom stereocenters. The molecule has 0 radical (unpaired) electrons. The van der Waals surface area contributed by atoms with Gasteiger partial charge in [-0.05, 0) is 70.9 Å². The first kappa shape index (κ1) is 25.9. The molecule has 3 aliphatic heterocycles. The summed E-state index contributed by atoms with van der Waals surface area (Å²) < 4.78 is 34.6. The standard InChI is InChI=1S/C26H36N6O4S/c1-18-26(33)31(3)24-17-27-25(16-23(24)32(18)21-9-13-36-14-10-21)28-20-5-4-6-22(15-20)37(34,35)29-19-7-11-30(2)12-8-19/h4-6,15-19,21,29H,7-14H2,1-3H3,(H,27,28)/t18-/m1/s1. The van der Waals surface area contributed by atoms with Gasteiger partial charge in [-0.3, -0.25) is 4.79 Å². The fraction of sp³-hybridized carbons (Fsp3) is 0.538. The largest absolute Gasteiger partial charge is 0.381 e. The van der Waals surface area contributed by atoms with Gasteiger partial charge in [-0.15, -0.1) is 0 Å². The maximum Gasteiger partial charge on any atom is 0.249 e. The van der Waals surface area contributed by atoms with E-state index in [1.807, 2.05) is 26.1 Å². The molecule has 3 aliphatic rings. The molecular weight excluding hydrogens is 492 g/mol. The summed E-state index contributed by atoms with van der Waals surface area (Å²) in [5.74, 6) is 0.625. The number of likely N-dealkylation sites (tertiary alicyclic amines) is 1. The third-order valence-corrected chi connectivity index (χ3v) is 9.17. The number of sulfonamides is 1. The van der Waals surface area contributed by atoms with Gasteiger partial charge in [0.2, 0.25) is 15.9 Å². The van der Waals surface area contributed by atoms with Crippen LogP contribution in [0.25, 0.3) is 0 Å². The second kappa shape index (κ2) is 10.6. The SMILES string of the molecule is C[C@@H]1C(=O)N(C)c2cnc(Nc3cccc(S(=O)(=O)NC4CCN(C)CC4)c3)cc2N1C1CCOCC1. The van der Waals surface area contributed by atoms with E-state index in [0.29, 0.717) is 24.7 Å². The molecule has 200 valence electrons. The highest BCUT2D eigenvalue weighted by molar-refractivity contribution is 7.89. The Kier molecular flexibility index (Phi) is 7.39. The molecule has 2 aromatic rings. The fourth-order valence-electron chi connectivity index (χ4n) is 5.48. The average Bonchev–Trinajstić information content (AvgIpc) is 2.89. The minimum atomic E-state index is -3.64. The lowest BCUT2D eigenvalue weighted by Gasteiger charge is -2.45. The Bertz CT molecular complexity index is 1240. The molecular formula is C26H36N6O4S. The lowest BCUT2D eigenvalue weighted by atomic mass is 10.00. The number of nitrogens with one attached hydrogen (secondary N) is 2. The Hall–Kier alpha value is -2.73. The molecule has 4 heterocycles. The number of amides is 1. The van der Waals surface area contributed by atoms with Crippen LogP contribution in [-0.2, 0) is 19.6 Å². The van der Waals surface area contributed by atoms with Crippen molar-refractivity contribution in [1.82, 2.24) is 14.6 Å². The van der Waals surface area contributed by atoms with Crippen molar-refractivity contribution in [2.75, 3.05) is 55.5 Å². The van der Waals surface area contributed by atoms with Gasteiger partial charge in [0.1, 0.15) is 11.9 Å². The molecule has 5 rings (SSSR count). The van der Waals surface area contributed by atoms with E-state index < -0.39 is 10.0 Å². The summed E-state index contributed by atoms with van der Waals surface area (Å²) in [7, 11) is 0.183. The first-order valence-corrected chi connectivity index (χ1v) is 14.4. The Morgan fingerprint density at radius 1 is 1.03 bits per heavy atom. The second-order valence-corrected chi connectivity index (χ2v) is 11.9. The molecule has 2 saturated heterocycles. The predicted molar refractivity (Wildman–Crippen MR) is 144 cm³/mol. The summed E-state index contributed by atoms with van der Waals surface area (Å²) >= 11 is 0. The molecule has 0 aliphatic carbocycles. The fourth-order valence-corrected chi connectivity index (χ4v) is 6.83. The second-order valence-electron chi connectivity index (χ2n) is 10.2. The molecule has 2 N–H and O–H groups in total. The Labute approximate surface area is 219 Å². The number of nitrogens with zero attached hydrogens (tertiary/aromatic N) is 4. The average molecular weight is 529 g/mol. The molecule has 1 aromatic heterocycles. The number of piperidine rings is 1. The Morgan fingerprint density at radius 2 is 1.76 bits per heavy atom. The number of benzene rings is 1. The molecule has 1 atom stereocenters. The maximum absolute atomic E-state index is 13.1. The Balaban J connectivity index is 1.38. The number of ether oxygens (including phenoxy) is 1. The van der Waals surface area contributed by atoms with Crippen molar-refractivity contribution in [1.29, 1.82) is 0 Å². The van der Waals surface area contributed by atoms with Crippen molar-refractivity contribution >= 4 is 38.8 Å². The number of rotatable bonds is 6. The summed E-state index contributed by atoms with van der Waals surface area (Å²) in [5, 5.41) is 3.28. The van der Waals surface area contributed by atoms with E-state index in [4.69, 9.17) is 4.74 Å². The van der Waals surface area contributed by atoms with Crippen LogP contribution in [0.4, 0.5) is 22.9 Å². The van der Waals surface area contributed by atoms with Gasteiger partial charge in [0, 0.05) is 44.1 Å². The summed E-state index contributed by atoms with van der Waals surface area (Å²) in [6.45, 7) is 5.05. The van der Waals surface area contributed by atoms with Crippen molar-refractivity contribution in [2.24, 2.45) is 0 Å². The van der Waals surface area contributed by atoms with Crippen molar-refractivity contribution in [3.63, 3.8) is 0 Å². The zero-order valence-electron chi connectivity index (χ0n) is 21.7. The van der Waals surface area contributed by atoms with E-state index in [2.05, 4.69) is 24.8 Å². The number of aromatic nitrogens is 1. The molecule has 0 saturated carbocycles. The molecule has 0 spiro atoms. The topological polar surface area (TPSA) is 107 Å². The van der Waals surface area contributed by atoms with Gasteiger partial charge in [-0.2, -0.15) is 0 Å². The van der Waals surface area contributed by atoms with Crippen LogP contribution in [0.1, 0.15) is 32.6 Å². The number of likely N-dealkylation sites (N-methyl/N-ethyl adjacent to an activating group) is 1. The van der Waals surface area contributed by atoms with Gasteiger partial charge in [0.15, 0.2) is 0 Å². The number of hydrogen-bond donors (Lipinski definition) is 2. The van der Waals surface area contributed by atoms with Crippen molar-refractivity contribution in [2.45, 2.75) is 55.6 Å². The summed E-state index contributed by atoms with van der Waals surface area (Å²) in [5.41, 5.74) is 2.33. The zero-order chi connectivity index (χ0) is 26.2. The highest BCUT2D eigenvalue weighted by atomic mass is 32.2. The van der Waals surface area contributed by atoms with Crippen molar-refractivity contribution < 1.29 is 17.9 Å². The molecule has 2 fully saturated rings. The normalized spacial score (nSPS) is 22.2. The third-order valence-electron chi connectivity index (χ3n) is 7.65. The van der Waals surface area contributed by atoms with Gasteiger partial charge >= 0.3 is 0 Å². The number of anilines is 4. The van der Waals surface area contributed by atoms with Gasteiger partial charge in [-0.1, -0.05) is 6.07 Å². The summed E-state index contributed by atoms with van der Waals surface area (Å²) in [6, 6.07) is 8.59. The number of hydrogen-bond acceptors (Lipinski definition) is 8. The maximum atomic E-state index is 13.1. The van der Waals surface area contributed by atoms with E-state index >= 15 is 0 Å². The first-order chi connectivity index (χ1) is 17.7. The number of fused-ring (bicyclic) bond motifs is 1. The number of carbonyl (C=O) groups excluding carboxylic acids is 1. The van der Waals surface area contributed by atoms with Gasteiger partial charge in [0.05, 0.1) is 22.5 Å². The van der Waals surface area contributed by atoms with Gasteiger partial charge in [0.25, 0.3) is 0 Å². The molecule has 11 heteroatoms. The Morgan fingerprint density at radius 3 is 2.49 bits per heavy atom. The smallest absolute Gasteiger partial charge is 0.249 e. The van der Waals surface area contributed by atoms with E-state index in [-0.39, 0.29) is 28.9 Å². The van der Waals surface area contributed by atoms with Crippen LogP contribution in [0.2, 0.25) is 0 Å². The van der Waals surface area contributed by atoms with Crippen LogP contribution in [0, 0.1) is 0 Å². The summed E-state index contributed by atoms with van der Waals surface area (Å²) in [6.07, 6.45) is 5.01. The first-order valence-electron chi connectivity index (χ1n) is 12.9. The molecule has 1 aromatic carbocycles. The van der Waals surface area contributed by atoms with Gasteiger partial charge in [-0.25, -0.2) is 18.1 Å². The highest BCUT2D eigenvalue weighted by Gasteiger charge is 2.38. The number of carbonyl (C=O) groups is 1. The molecule has 0 bridgehead atoms. The lowest BCUT2D eigenvalue weighted by Crippen LogP contribution is -2.55. The van der Waals surface area contributed by atoms with Crippen molar-refractivity contribution in [3.05, 3.63) is 36.5 Å². The van der Waals surface area contributed by atoms with E-state index in [1.165, 1.54) is 0 Å². The summed E-state index contributed by atoms with van der Waals surface area (Å²) in [4.78, 5) is 23.8. The molecule has 1 amide bonds. The van der Waals surface area contributed by atoms with Crippen LogP contribution < -0.4 is 19.8 Å². The van der Waals surface area contributed by atoms with Crippen LogP contribution in [-0.4, -0.2) is 82.7 Å². The van der Waals surface area contributed by atoms with Crippen LogP contribution in [0.5, 0.6) is 0 Å². The van der Waals surface area contributed by atoms with Crippen LogP contribution in [0.15, 0.2) is 41.4 Å². The monoisotopic (exact) mass is 528 g/mol. The van der Waals surface area contributed by atoms with E-state index in [1.54, 1.807) is 36.3 Å². The zero-order valence-corrected chi connectivity index (χ0v) is 22.5.